The maximum atomic E-state index is 12.9. The molecule has 0 unspecified atom stereocenters. The molecule has 0 aliphatic rings. The highest BCUT2D eigenvalue weighted by atomic mass is 19.3. The van der Waals surface area contributed by atoms with Gasteiger partial charge in [0.05, 0.1) is 6.54 Å². The summed E-state index contributed by atoms with van der Waals surface area (Å²) in [5.41, 5.74) is 0. The van der Waals surface area contributed by atoms with Gasteiger partial charge in [0.2, 0.25) is 5.92 Å². The summed E-state index contributed by atoms with van der Waals surface area (Å²) in [6, 6.07) is 0. The monoisotopic (exact) mass is 467 g/mol. The van der Waals surface area contributed by atoms with Crippen molar-refractivity contribution in [2.75, 3.05) is 34.4 Å². The zero-order valence-corrected chi connectivity index (χ0v) is 21.3. The zero-order valence-electron chi connectivity index (χ0n) is 21.3. The van der Waals surface area contributed by atoms with E-state index in [0.29, 0.717) is 6.42 Å². The highest BCUT2D eigenvalue weighted by molar-refractivity contribution is 4.70. The molecule has 0 rings (SSSR count). The highest BCUT2D eigenvalue weighted by Gasteiger charge is 2.30. The van der Waals surface area contributed by atoms with Crippen molar-refractivity contribution in [1.29, 1.82) is 0 Å². The van der Waals surface area contributed by atoms with E-state index in [1.807, 2.05) is 27.7 Å². The summed E-state index contributed by atoms with van der Waals surface area (Å²) < 4.78 is 80.6. The Labute approximate surface area is 187 Å². The number of hydrogen-bond donors (Lipinski definition) is 0. The van der Waals surface area contributed by atoms with E-state index in [0.717, 1.165) is 0 Å². The molecular weight excluding hydrogens is 420 g/mol. The summed E-state index contributed by atoms with van der Waals surface area (Å²) in [5, 5.41) is 0. The van der Waals surface area contributed by atoms with Crippen LogP contribution in [-0.4, -0.2) is 57.0 Å². The molecule has 0 atom stereocenters. The van der Waals surface area contributed by atoms with Crippen LogP contribution in [0.4, 0.5) is 26.3 Å². The molecule has 0 saturated heterocycles. The second-order valence-corrected chi connectivity index (χ2v) is 9.78. The largest absolute Gasteiger partial charge is 0.378 e. The predicted molar refractivity (Wildman–Crippen MR) is 119 cm³/mol. The molecule has 2 nitrogen and oxygen atoms in total. The number of alkyl halides is 6. The first kappa shape index (κ1) is 35.1. The second kappa shape index (κ2) is 17.0. The Balaban J connectivity index is -0.000000380. The molecule has 0 spiro atoms. The van der Waals surface area contributed by atoms with Crippen molar-refractivity contribution in [3.8, 4) is 0 Å². The van der Waals surface area contributed by atoms with Gasteiger partial charge in [0, 0.05) is 32.8 Å². The Morgan fingerprint density at radius 3 is 1.32 bits per heavy atom. The van der Waals surface area contributed by atoms with E-state index in [2.05, 4.69) is 4.74 Å². The van der Waals surface area contributed by atoms with Crippen LogP contribution in [0.25, 0.3) is 0 Å². The molecule has 0 fully saturated rings. The van der Waals surface area contributed by atoms with Gasteiger partial charge in [-0.05, 0) is 31.8 Å². The van der Waals surface area contributed by atoms with E-state index in [4.69, 9.17) is 0 Å². The Morgan fingerprint density at radius 1 is 0.677 bits per heavy atom. The topological polar surface area (TPSA) is 12.5 Å². The van der Waals surface area contributed by atoms with Gasteiger partial charge in [-0.3, -0.25) is 0 Å². The first-order valence-electron chi connectivity index (χ1n) is 11.1. The van der Waals surface area contributed by atoms with Crippen molar-refractivity contribution < 1.29 is 31.1 Å². The van der Waals surface area contributed by atoms with E-state index >= 15 is 0 Å². The summed E-state index contributed by atoms with van der Waals surface area (Å²) >= 11 is 0. The van der Waals surface area contributed by atoms with Crippen LogP contribution in [0.1, 0.15) is 80.6 Å². The summed E-state index contributed by atoms with van der Waals surface area (Å²) in [6.07, 6.45) is 0.512. The van der Waals surface area contributed by atoms with Crippen molar-refractivity contribution in [1.82, 2.24) is 4.90 Å². The van der Waals surface area contributed by atoms with Crippen LogP contribution >= 0.6 is 0 Å². The molecule has 0 aliphatic heterocycles. The molecule has 0 radical (unpaired) electrons. The fourth-order valence-corrected chi connectivity index (χ4v) is 3.06. The van der Waals surface area contributed by atoms with Crippen LogP contribution in [0, 0.1) is 17.8 Å². The average Bonchev–Trinajstić information content (AvgIpc) is 2.41. The smallest absolute Gasteiger partial charge is 0.271 e. The standard InChI is InChI=1S/C8H17F2N.C8H16F2.C7H14F2O/c1-7(2)5-8(9,10)6-11(3)4;1-4-5-8(9,10)6-7(2)3;1-6(2)4-7(8,9)5-10-3/h7H,5-6H2,1-4H3;7H,4-6H2,1-3H3;6H,4-5H2,1-3H3. The lowest BCUT2D eigenvalue weighted by atomic mass is 10.0. The van der Waals surface area contributed by atoms with Gasteiger partial charge in [-0.2, -0.15) is 0 Å². The van der Waals surface area contributed by atoms with Crippen LogP contribution in [0.2, 0.25) is 0 Å². The van der Waals surface area contributed by atoms with Crippen LogP contribution < -0.4 is 0 Å². The van der Waals surface area contributed by atoms with Crippen molar-refractivity contribution in [2.45, 2.75) is 98.3 Å². The van der Waals surface area contributed by atoms with E-state index < -0.39 is 24.4 Å². The summed E-state index contributed by atoms with van der Waals surface area (Å²) in [4.78, 5) is 1.52. The lowest BCUT2D eigenvalue weighted by Crippen LogP contribution is -2.33. The van der Waals surface area contributed by atoms with Crippen LogP contribution in [0.15, 0.2) is 0 Å². The molecular formula is C23H47F6NO. The summed E-state index contributed by atoms with van der Waals surface area (Å²) in [7, 11) is 4.61. The van der Waals surface area contributed by atoms with E-state index in [1.54, 1.807) is 34.9 Å². The summed E-state index contributed by atoms with van der Waals surface area (Å²) in [6.45, 7) is 12.0. The third kappa shape index (κ3) is 29.5. The van der Waals surface area contributed by atoms with Crippen molar-refractivity contribution in [3.05, 3.63) is 0 Å². The van der Waals surface area contributed by atoms with E-state index in [1.165, 1.54) is 12.0 Å². The maximum Gasteiger partial charge on any atom is 0.271 e. The molecule has 0 aromatic heterocycles. The average molecular weight is 468 g/mol. The number of methoxy groups -OCH3 is 1. The Bertz CT molecular complexity index is 377. The number of nitrogens with zero attached hydrogens (tertiary/aromatic N) is 1. The Kier molecular flexibility index (Phi) is 19.3. The van der Waals surface area contributed by atoms with Gasteiger partial charge in [0.25, 0.3) is 11.8 Å². The van der Waals surface area contributed by atoms with Gasteiger partial charge in [-0.1, -0.05) is 54.9 Å². The highest BCUT2D eigenvalue weighted by Crippen LogP contribution is 2.28. The summed E-state index contributed by atoms with van der Waals surface area (Å²) in [5.74, 6) is -7.43. The minimum Gasteiger partial charge on any atom is -0.378 e. The number of hydrogen-bond acceptors (Lipinski definition) is 2. The van der Waals surface area contributed by atoms with Crippen molar-refractivity contribution >= 4 is 0 Å². The SMILES string of the molecule is CC(C)CC(F)(F)CN(C)C.CCCC(F)(F)CC(C)C.COCC(F)(F)CC(C)C. The second-order valence-electron chi connectivity index (χ2n) is 9.78. The normalized spacial score (nSPS) is 12.8. The molecule has 8 heteroatoms. The van der Waals surface area contributed by atoms with E-state index in [-0.39, 0.29) is 50.0 Å². The lowest BCUT2D eigenvalue weighted by Gasteiger charge is -2.21. The van der Waals surface area contributed by atoms with Crippen molar-refractivity contribution in [3.63, 3.8) is 0 Å². The molecule has 0 aromatic carbocycles. The minimum absolute atomic E-state index is 0.0187. The predicted octanol–water partition coefficient (Wildman–Crippen LogP) is 8.01. The molecule has 31 heavy (non-hydrogen) atoms. The third-order valence-electron chi connectivity index (χ3n) is 3.64. The van der Waals surface area contributed by atoms with E-state index in [9.17, 15) is 26.3 Å². The van der Waals surface area contributed by atoms with Crippen LogP contribution in [-0.2, 0) is 4.74 Å². The molecule has 0 heterocycles. The molecule has 0 N–H and O–H groups in total. The minimum atomic E-state index is -2.65. The fraction of sp³-hybridized carbons (Fsp3) is 1.00. The Hall–Kier alpha value is -0.500. The quantitative estimate of drug-likeness (QED) is 0.270. The number of rotatable bonds is 12. The van der Waals surface area contributed by atoms with Gasteiger partial charge in [0.1, 0.15) is 6.61 Å². The van der Waals surface area contributed by atoms with Crippen LogP contribution in [0.5, 0.6) is 0 Å². The van der Waals surface area contributed by atoms with Gasteiger partial charge >= 0.3 is 0 Å². The Morgan fingerprint density at radius 2 is 1.03 bits per heavy atom. The number of halogens is 6. The molecule has 192 valence electrons. The fourth-order valence-electron chi connectivity index (χ4n) is 3.06. The van der Waals surface area contributed by atoms with Crippen molar-refractivity contribution in [2.24, 2.45) is 17.8 Å². The molecule has 0 bridgehead atoms. The molecule has 0 aromatic rings. The molecule has 0 aliphatic carbocycles. The third-order valence-corrected chi connectivity index (χ3v) is 3.64. The molecule has 0 amide bonds. The van der Waals surface area contributed by atoms with Gasteiger partial charge in [0.15, 0.2) is 0 Å². The van der Waals surface area contributed by atoms with Gasteiger partial charge in [-0.15, -0.1) is 0 Å². The van der Waals surface area contributed by atoms with Crippen LogP contribution in [0.3, 0.4) is 0 Å². The zero-order chi connectivity index (χ0) is 25.5. The first-order valence-corrected chi connectivity index (χ1v) is 11.1. The first-order chi connectivity index (χ1) is 13.8. The van der Waals surface area contributed by atoms with Gasteiger partial charge < -0.3 is 9.64 Å². The molecule has 0 saturated carbocycles. The maximum absolute atomic E-state index is 12.9. The lowest BCUT2D eigenvalue weighted by molar-refractivity contribution is -0.0774. The number of ether oxygens (including phenoxy) is 1. The van der Waals surface area contributed by atoms with Gasteiger partial charge in [-0.25, -0.2) is 26.3 Å².